The second-order valence-corrected chi connectivity index (χ2v) is 7.03. The lowest BCUT2D eigenvalue weighted by Crippen LogP contribution is -2.21. The van der Waals surface area contributed by atoms with E-state index in [0.29, 0.717) is 11.4 Å². The van der Waals surface area contributed by atoms with Crippen LogP contribution in [0.5, 0.6) is 0 Å². The van der Waals surface area contributed by atoms with Crippen LogP contribution in [0.4, 0.5) is 0 Å². The van der Waals surface area contributed by atoms with Crippen molar-refractivity contribution in [2.45, 2.75) is 11.4 Å². The normalized spacial score (nSPS) is 10.4. The first-order valence-electron chi connectivity index (χ1n) is 4.45. The fourth-order valence-electron chi connectivity index (χ4n) is 1.15. The Morgan fingerprint density at radius 3 is 2.88 bits per heavy atom. The molecule has 2 nitrogen and oxygen atoms in total. The first-order chi connectivity index (χ1) is 7.65. The molecule has 1 amide bonds. The molecular weight excluding hydrogens is 326 g/mol. The fourth-order valence-corrected chi connectivity index (χ4v) is 3.63. The third kappa shape index (κ3) is 3.10. The van der Waals surface area contributed by atoms with E-state index in [1.54, 1.807) is 17.4 Å². The van der Waals surface area contributed by atoms with Gasteiger partial charge in [0.1, 0.15) is 0 Å². The largest absolute Gasteiger partial charge is 0.346 e. The van der Waals surface area contributed by atoms with Crippen LogP contribution in [0.25, 0.3) is 0 Å². The Morgan fingerprint density at radius 2 is 2.31 bits per heavy atom. The number of carbonyl (C=O) groups excluding carboxylic acids is 1. The van der Waals surface area contributed by atoms with Crippen LogP contribution in [-0.4, -0.2) is 5.91 Å². The molecule has 2 aromatic heterocycles. The van der Waals surface area contributed by atoms with Gasteiger partial charge in [0.25, 0.3) is 5.91 Å². The van der Waals surface area contributed by atoms with Crippen LogP contribution < -0.4 is 5.32 Å². The molecule has 0 unspecified atom stereocenters. The van der Waals surface area contributed by atoms with Crippen molar-refractivity contribution in [1.82, 2.24) is 5.32 Å². The summed E-state index contributed by atoms with van der Waals surface area (Å²) in [5.41, 5.74) is 0. The molecule has 0 saturated heterocycles. The number of hydrogen-bond donors (Lipinski definition) is 2. The highest BCUT2D eigenvalue weighted by molar-refractivity contribution is 9.11. The van der Waals surface area contributed by atoms with Gasteiger partial charge in [0.05, 0.1) is 15.2 Å². The summed E-state index contributed by atoms with van der Waals surface area (Å²) >= 11 is 10.6. The molecule has 0 radical (unpaired) electrons. The smallest absolute Gasteiger partial charge is 0.261 e. The van der Waals surface area contributed by atoms with Gasteiger partial charge < -0.3 is 5.32 Å². The Kier molecular flexibility index (Phi) is 4.07. The lowest BCUT2D eigenvalue weighted by Gasteiger charge is -2.00. The summed E-state index contributed by atoms with van der Waals surface area (Å²) in [4.78, 5) is 14.3. The SMILES string of the molecule is O=C(NCc1ccc(Br)s1)c1cc(S)cs1. The lowest BCUT2D eigenvalue weighted by molar-refractivity contribution is 0.0955. The highest BCUT2D eigenvalue weighted by atomic mass is 79.9. The molecule has 0 aliphatic heterocycles. The van der Waals surface area contributed by atoms with Crippen molar-refractivity contribution < 1.29 is 4.79 Å². The van der Waals surface area contributed by atoms with Gasteiger partial charge in [-0.3, -0.25) is 4.79 Å². The molecule has 0 saturated carbocycles. The van der Waals surface area contributed by atoms with E-state index < -0.39 is 0 Å². The van der Waals surface area contributed by atoms with Gasteiger partial charge in [-0.25, -0.2) is 0 Å². The van der Waals surface area contributed by atoms with Crippen LogP contribution in [0.15, 0.2) is 32.3 Å². The summed E-state index contributed by atoms with van der Waals surface area (Å²) in [5, 5.41) is 4.72. The number of hydrogen-bond acceptors (Lipinski definition) is 4. The van der Waals surface area contributed by atoms with Crippen molar-refractivity contribution in [3.05, 3.63) is 37.1 Å². The van der Waals surface area contributed by atoms with Gasteiger partial charge in [-0.05, 0) is 34.1 Å². The third-order valence-corrected chi connectivity index (χ3v) is 4.85. The van der Waals surface area contributed by atoms with Gasteiger partial charge in [0.15, 0.2) is 0 Å². The quantitative estimate of drug-likeness (QED) is 0.822. The zero-order valence-corrected chi connectivity index (χ0v) is 12.2. The van der Waals surface area contributed by atoms with Gasteiger partial charge in [-0.2, -0.15) is 0 Å². The van der Waals surface area contributed by atoms with E-state index in [0.717, 1.165) is 13.6 Å². The monoisotopic (exact) mass is 333 g/mol. The standard InChI is InChI=1S/C10H8BrNOS3/c11-9-2-1-7(16-9)4-12-10(13)8-3-6(14)5-15-8/h1-3,5,14H,4H2,(H,12,13). The average molecular weight is 334 g/mol. The van der Waals surface area contributed by atoms with Crippen molar-refractivity contribution in [3.63, 3.8) is 0 Å². The Hall–Kier alpha value is -0.300. The first kappa shape index (κ1) is 12.2. The predicted molar refractivity (Wildman–Crippen MR) is 74.8 cm³/mol. The van der Waals surface area contributed by atoms with Gasteiger partial charge >= 0.3 is 0 Å². The molecule has 6 heteroatoms. The molecule has 0 spiro atoms. The van der Waals surface area contributed by atoms with E-state index >= 15 is 0 Å². The maximum atomic E-state index is 11.7. The molecule has 0 atom stereocenters. The second kappa shape index (κ2) is 5.35. The highest BCUT2D eigenvalue weighted by Crippen LogP contribution is 2.22. The summed E-state index contributed by atoms with van der Waals surface area (Å²) < 4.78 is 1.07. The van der Waals surface area contributed by atoms with E-state index in [1.807, 2.05) is 17.5 Å². The van der Waals surface area contributed by atoms with Crippen LogP contribution in [0, 0.1) is 0 Å². The number of thiophene rings is 2. The Bertz CT molecular complexity index is 506. The molecule has 1 N–H and O–H groups in total. The number of amides is 1. The highest BCUT2D eigenvalue weighted by Gasteiger charge is 2.08. The van der Waals surface area contributed by atoms with Crippen molar-refractivity contribution in [1.29, 1.82) is 0 Å². The molecule has 2 aromatic rings. The number of thiol groups is 1. The molecule has 84 valence electrons. The number of carbonyl (C=O) groups is 1. The Morgan fingerprint density at radius 1 is 1.50 bits per heavy atom. The van der Waals surface area contributed by atoms with Gasteiger partial charge in [-0.15, -0.1) is 35.3 Å². The maximum Gasteiger partial charge on any atom is 0.261 e. The minimum atomic E-state index is -0.0465. The molecule has 0 fully saturated rings. The molecule has 0 bridgehead atoms. The van der Waals surface area contributed by atoms with Crippen LogP contribution in [0.1, 0.15) is 14.5 Å². The average Bonchev–Trinajstić information content (AvgIpc) is 2.84. The zero-order chi connectivity index (χ0) is 11.5. The zero-order valence-electron chi connectivity index (χ0n) is 8.07. The summed E-state index contributed by atoms with van der Waals surface area (Å²) in [5.74, 6) is -0.0465. The molecular formula is C10H8BrNOS3. The van der Waals surface area contributed by atoms with E-state index in [9.17, 15) is 4.79 Å². The van der Waals surface area contributed by atoms with E-state index in [-0.39, 0.29) is 5.91 Å². The van der Waals surface area contributed by atoms with Crippen molar-refractivity contribution in [2.24, 2.45) is 0 Å². The number of rotatable bonds is 3. The summed E-state index contributed by atoms with van der Waals surface area (Å²) in [7, 11) is 0. The minimum Gasteiger partial charge on any atom is -0.346 e. The van der Waals surface area contributed by atoms with Crippen molar-refractivity contribution in [2.75, 3.05) is 0 Å². The molecule has 0 aromatic carbocycles. The molecule has 0 aliphatic carbocycles. The molecule has 16 heavy (non-hydrogen) atoms. The van der Waals surface area contributed by atoms with E-state index in [2.05, 4.69) is 33.9 Å². The summed E-state index contributed by atoms with van der Waals surface area (Å²) in [6.07, 6.45) is 0. The van der Waals surface area contributed by atoms with E-state index in [4.69, 9.17) is 0 Å². The summed E-state index contributed by atoms with van der Waals surface area (Å²) in [6.45, 7) is 0.564. The predicted octanol–water partition coefficient (Wildman–Crippen LogP) is 3.79. The van der Waals surface area contributed by atoms with Gasteiger partial charge in [0.2, 0.25) is 0 Å². The summed E-state index contributed by atoms with van der Waals surface area (Å²) in [6, 6.07) is 5.74. The van der Waals surface area contributed by atoms with Crippen molar-refractivity contribution in [3.8, 4) is 0 Å². The molecule has 2 rings (SSSR count). The van der Waals surface area contributed by atoms with Crippen LogP contribution in [-0.2, 0) is 6.54 Å². The molecule has 2 heterocycles. The number of halogens is 1. The van der Waals surface area contributed by atoms with Crippen LogP contribution >= 0.6 is 51.2 Å². The van der Waals surface area contributed by atoms with E-state index in [1.165, 1.54) is 11.3 Å². The maximum absolute atomic E-state index is 11.7. The topological polar surface area (TPSA) is 29.1 Å². The Balaban J connectivity index is 1.93. The van der Waals surface area contributed by atoms with Crippen LogP contribution in [0.2, 0.25) is 0 Å². The lowest BCUT2D eigenvalue weighted by atomic mass is 10.4. The number of nitrogens with one attached hydrogen (secondary N) is 1. The minimum absolute atomic E-state index is 0.0465. The van der Waals surface area contributed by atoms with Gasteiger partial charge in [-0.1, -0.05) is 0 Å². The fraction of sp³-hybridized carbons (Fsp3) is 0.100. The van der Waals surface area contributed by atoms with Crippen LogP contribution in [0.3, 0.4) is 0 Å². The Labute approximate surface area is 115 Å². The van der Waals surface area contributed by atoms with Crippen molar-refractivity contribution >= 4 is 57.1 Å². The second-order valence-electron chi connectivity index (χ2n) is 3.06. The van der Waals surface area contributed by atoms with Gasteiger partial charge in [0, 0.05) is 15.2 Å². The third-order valence-electron chi connectivity index (χ3n) is 1.86. The first-order valence-corrected chi connectivity index (χ1v) is 7.38. The molecule has 0 aliphatic rings.